The number of benzene rings is 1. The van der Waals surface area contributed by atoms with Crippen molar-refractivity contribution in [1.29, 1.82) is 0 Å². The van der Waals surface area contributed by atoms with Crippen molar-refractivity contribution in [1.82, 2.24) is 4.90 Å². The quantitative estimate of drug-likeness (QED) is 0.838. The number of nitrogens with one attached hydrogen (secondary N) is 1. The Morgan fingerprint density at radius 2 is 2.00 bits per heavy atom. The van der Waals surface area contributed by atoms with Crippen LogP contribution in [0.2, 0.25) is 0 Å². The summed E-state index contributed by atoms with van der Waals surface area (Å²) < 4.78 is 0. The fourth-order valence-electron chi connectivity index (χ4n) is 4.06. The minimum absolute atomic E-state index is 0.665. The second-order valence-electron chi connectivity index (χ2n) is 6.63. The van der Waals surface area contributed by atoms with Crippen LogP contribution in [0.25, 0.3) is 0 Å². The molecule has 3 aliphatic rings. The third kappa shape index (κ3) is 2.26. The lowest BCUT2D eigenvalue weighted by Gasteiger charge is -2.41. The van der Waals surface area contributed by atoms with Gasteiger partial charge in [-0.2, -0.15) is 0 Å². The standard InChI is InChI=1S/C18H24N2/c1-2-9-17(15(6-1)13-20-10-3-4-11-20)19-18-12-14-7-5-8-16(14)18/h1-2,5-6,8-9,14,16,18-19H,3-4,7,10-13H2. The van der Waals surface area contributed by atoms with Gasteiger partial charge < -0.3 is 5.32 Å². The third-order valence-electron chi connectivity index (χ3n) is 5.31. The van der Waals surface area contributed by atoms with E-state index >= 15 is 0 Å². The second-order valence-corrected chi connectivity index (χ2v) is 6.63. The highest BCUT2D eigenvalue weighted by Gasteiger charge is 2.41. The maximum atomic E-state index is 3.81. The molecule has 1 heterocycles. The fourth-order valence-corrected chi connectivity index (χ4v) is 4.06. The Hall–Kier alpha value is -1.28. The van der Waals surface area contributed by atoms with Crippen molar-refractivity contribution in [3.63, 3.8) is 0 Å². The molecule has 0 aromatic heterocycles. The molecule has 2 aliphatic carbocycles. The summed E-state index contributed by atoms with van der Waals surface area (Å²) in [5.41, 5.74) is 2.84. The Morgan fingerprint density at radius 1 is 1.15 bits per heavy atom. The van der Waals surface area contributed by atoms with E-state index in [2.05, 4.69) is 46.6 Å². The van der Waals surface area contributed by atoms with Gasteiger partial charge in [0.1, 0.15) is 0 Å². The van der Waals surface area contributed by atoms with Gasteiger partial charge >= 0.3 is 0 Å². The topological polar surface area (TPSA) is 15.3 Å². The van der Waals surface area contributed by atoms with Crippen LogP contribution in [0.5, 0.6) is 0 Å². The van der Waals surface area contributed by atoms with E-state index in [1.54, 1.807) is 0 Å². The molecule has 0 amide bonds. The van der Waals surface area contributed by atoms with Crippen molar-refractivity contribution in [2.75, 3.05) is 18.4 Å². The molecule has 0 bridgehead atoms. The van der Waals surface area contributed by atoms with Crippen molar-refractivity contribution < 1.29 is 0 Å². The Labute approximate surface area is 121 Å². The molecule has 20 heavy (non-hydrogen) atoms. The first-order chi connectivity index (χ1) is 9.90. The summed E-state index contributed by atoms with van der Waals surface area (Å²) in [4.78, 5) is 2.58. The molecular weight excluding hydrogens is 244 g/mol. The highest BCUT2D eigenvalue weighted by atomic mass is 15.1. The first-order valence-electron chi connectivity index (χ1n) is 8.13. The van der Waals surface area contributed by atoms with Gasteiger partial charge in [-0.1, -0.05) is 30.4 Å². The molecule has 1 aromatic rings. The minimum atomic E-state index is 0.665. The van der Waals surface area contributed by atoms with Gasteiger partial charge in [0.2, 0.25) is 0 Å². The van der Waals surface area contributed by atoms with Crippen LogP contribution < -0.4 is 5.32 Å². The van der Waals surface area contributed by atoms with Gasteiger partial charge in [0, 0.05) is 24.2 Å². The van der Waals surface area contributed by atoms with Gasteiger partial charge in [-0.15, -0.1) is 0 Å². The summed E-state index contributed by atoms with van der Waals surface area (Å²) >= 11 is 0. The first kappa shape index (κ1) is 12.5. The summed E-state index contributed by atoms with van der Waals surface area (Å²) in [6.07, 6.45) is 10.2. The normalized spacial score (nSPS) is 32.1. The van der Waals surface area contributed by atoms with Crippen LogP contribution in [0.1, 0.15) is 31.2 Å². The summed E-state index contributed by atoms with van der Waals surface area (Å²) in [5, 5.41) is 3.81. The van der Waals surface area contributed by atoms with Gasteiger partial charge in [-0.3, -0.25) is 4.90 Å². The molecule has 1 aromatic carbocycles. The first-order valence-corrected chi connectivity index (χ1v) is 8.13. The van der Waals surface area contributed by atoms with Gasteiger partial charge in [-0.05, 0) is 56.3 Å². The van der Waals surface area contributed by atoms with Crippen LogP contribution in [0.4, 0.5) is 5.69 Å². The van der Waals surface area contributed by atoms with Crippen LogP contribution in [-0.4, -0.2) is 24.0 Å². The van der Waals surface area contributed by atoms with E-state index in [1.807, 2.05) is 0 Å². The van der Waals surface area contributed by atoms with Crippen molar-refractivity contribution in [3.8, 4) is 0 Å². The van der Waals surface area contributed by atoms with Crippen molar-refractivity contribution in [2.24, 2.45) is 11.8 Å². The molecule has 4 rings (SSSR count). The van der Waals surface area contributed by atoms with Crippen LogP contribution in [-0.2, 0) is 6.54 Å². The fraction of sp³-hybridized carbons (Fsp3) is 0.556. The summed E-state index contributed by atoms with van der Waals surface area (Å²) in [5.74, 6) is 1.72. The molecule has 2 heteroatoms. The Morgan fingerprint density at radius 3 is 2.85 bits per heavy atom. The second kappa shape index (κ2) is 5.25. The van der Waals surface area contributed by atoms with Crippen LogP contribution in [0.15, 0.2) is 36.4 Å². The van der Waals surface area contributed by atoms with E-state index in [4.69, 9.17) is 0 Å². The highest BCUT2D eigenvalue weighted by molar-refractivity contribution is 5.52. The number of hydrogen-bond donors (Lipinski definition) is 1. The molecule has 1 saturated heterocycles. The van der Waals surface area contributed by atoms with Gasteiger partial charge in [0.25, 0.3) is 0 Å². The molecular formula is C18H24N2. The molecule has 3 unspecified atom stereocenters. The van der Waals surface area contributed by atoms with Crippen LogP contribution >= 0.6 is 0 Å². The van der Waals surface area contributed by atoms with Crippen LogP contribution in [0, 0.1) is 11.8 Å². The molecule has 2 fully saturated rings. The number of allylic oxidation sites excluding steroid dienone is 1. The predicted octanol–water partition coefficient (Wildman–Crippen LogP) is 3.66. The SMILES string of the molecule is C1=CC2C(C1)CC2Nc1ccccc1CN1CCCC1. The van der Waals surface area contributed by atoms with E-state index in [-0.39, 0.29) is 0 Å². The molecule has 2 nitrogen and oxygen atoms in total. The van der Waals surface area contributed by atoms with Gasteiger partial charge in [0.05, 0.1) is 0 Å². The Balaban J connectivity index is 1.45. The predicted molar refractivity (Wildman–Crippen MR) is 83.7 cm³/mol. The number of likely N-dealkylation sites (tertiary alicyclic amines) is 1. The van der Waals surface area contributed by atoms with Gasteiger partial charge in [-0.25, -0.2) is 0 Å². The van der Waals surface area contributed by atoms with Crippen LogP contribution in [0.3, 0.4) is 0 Å². The Kier molecular flexibility index (Phi) is 3.27. The molecule has 1 saturated carbocycles. The van der Waals surface area contributed by atoms with Crippen molar-refractivity contribution in [3.05, 3.63) is 42.0 Å². The number of nitrogens with zero attached hydrogens (tertiary/aromatic N) is 1. The number of para-hydroxylation sites is 1. The molecule has 1 N–H and O–H groups in total. The zero-order valence-corrected chi connectivity index (χ0v) is 12.1. The van der Waals surface area contributed by atoms with E-state index in [0.717, 1.165) is 18.4 Å². The van der Waals surface area contributed by atoms with E-state index < -0.39 is 0 Å². The Bertz CT molecular complexity index is 502. The smallest absolute Gasteiger partial charge is 0.0388 e. The molecule has 1 aliphatic heterocycles. The van der Waals surface area contributed by atoms with Gasteiger partial charge in [0.15, 0.2) is 0 Å². The minimum Gasteiger partial charge on any atom is -0.381 e. The molecule has 0 radical (unpaired) electrons. The lowest BCUT2D eigenvalue weighted by molar-refractivity contribution is 0.217. The van der Waals surface area contributed by atoms with E-state index in [1.165, 1.54) is 50.0 Å². The average molecular weight is 268 g/mol. The van der Waals surface area contributed by atoms with Crippen molar-refractivity contribution in [2.45, 2.75) is 38.3 Å². The van der Waals surface area contributed by atoms with E-state index in [0.29, 0.717) is 6.04 Å². The van der Waals surface area contributed by atoms with E-state index in [9.17, 15) is 0 Å². The molecule has 0 spiro atoms. The maximum absolute atomic E-state index is 3.81. The summed E-state index contributed by atoms with van der Waals surface area (Å²) in [7, 11) is 0. The number of rotatable bonds is 4. The monoisotopic (exact) mass is 268 g/mol. The molecule has 3 atom stereocenters. The third-order valence-corrected chi connectivity index (χ3v) is 5.31. The highest BCUT2D eigenvalue weighted by Crippen LogP contribution is 2.44. The number of fused-ring (bicyclic) bond motifs is 1. The summed E-state index contributed by atoms with van der Waals surface area (Å²) in [6.45, 7) is 3.65. The van der Waals surface area contributed by atoms with Crippen molar-refractivity contribution >= 4 is 5.69 Å². The summed E-state index contributed by atoms with van der Waals surface area (Å²) in [6, 6.07) is 9.56. The molecule has 106 valence electrons. The zero-order valence-electron chi connectivity index (χ0n) is 12.1. The largest absolute Gasteiger partial charge is 0.381 e. The average Bonchev–Trinajstić information content (AvgIpc) is 3.07. The number of anilines is 1. The lowest BCUT2D eigenvalue weighted by Crippen LogP contribution is -2.43. The zero-order chi connectivity index (χ0) is 13.4. The lowest BCUT2D eigenvalue weighted by atomic mass is 9.71. The maximum Gasteiger partial charge on any atom is 0.0388 e. The number of hydrogen-bond acceptors (Lipinski definition) is 2.